The molecule has 2 rings (SSSR count). The smallest absolute Gasteiger partial charge is 0.274 e. The van der Waals surface area contributed by atoms with Gasteiger partial charge in [-0.15, -0.1) is 0 Å². The van der Waals surface area contributed by atoms with Gasteiger partial charge in [0.05, 0.1) is 0 Å². The minimum atomic E-state index is -0.123. The van der Waals surface area contributed by atoms with Gasteiger partial charge in [-0.3, -0.25) is 4.79 Å². The summed E-state index contributed by atoms with van der Waals surface area (Å²) in [5.74, 6) is 0.673. The fourth-order valence-corrected chi connectivity index (χ4v) is 1.48. The lowest BCUT2D eigenvalue weighted by atomic mass is 10.1. The Balaban J connectivity index is 2.75. The third-order valence-corrected chi connectivity index (χ3v) is 2.30. The Kier molecular flexibility index (Phi) is 2.08. The first-order valence-corrected chi connectivity index (χ1v) is 4.70. The first-order chi connectivity index (χ1) is 6.70. The van der Waals surface area contributed by atoms with E-state index in [0.29, 0.717) is 5.82 Å². The molecule has 0 aliphatic carbocycles. The summed E-state index contributed by atoms with van der Waals surface area (Å²) in [6, 6.07) is 5.86. The van der Waals surface area contributed by atoms with Gasteiger partial charge in [-0.2, -0.15) is 4.98 Å². The molecule has 0 saturated carbocycles. The Hall–Kier alpha value is -1.64. The van der Waals surface area contributed by atoms with Crippen LogP contribution in [0, 0.1) is 6.92 Å². The lowest BCUT2D eigenvalue weighted by molar-refractivity contribution is 1.03. The maximum atomic E-state index is 11.4. The number of rotatable bonds is 1. The van der Waals surface area contributed by atoms with Crippen LogP contribution in [0.4, 0.5) is 0 Å². The molecule has 14 heavy (non-hydrogen) atoms. The number of hydrogen-bond acceptors (Lipinski definition) is 2. The summed E-state index contributed by atoms with van der Waals surface area (Å²) in [6.07, 6.45) is 0.732. The van der Waals surface area contributed by atoms with Crippen LogP contribution in [0.15, 0.2) is 23.0 Å². The van der Waals surface area contributed by atoms with Crippen molar-refractivity contribution in [3.63, 3.8) is 0 Å². The van der Waals surface area contributed by atoms with E-state index < -0.39 is 0 Å². The van der Waals surface area contributed by atoms with Crippen LogP contribution >= 0.6 is 0 Å². The molecule has 0 bridgehead atoms. The molecule has 3 nitrogen and oxygen atoms in total. The number of aryl methyl sites for hydroxylation is 2. The first-order valence-electron chi connectivity index (χ1n) is 4.70. The number of H-pyrrole nitrogens is 1. The van der Waals surface area contributed by atoms with Crippen LogP contribution < -0.4 is 5.56 Å². The van der Waals surface area contributed by atoms with Crippen molar-refractivity contribution >= 4 is 0 Å². The summed E-state index contributed by atoms with van der Waals surface area (Å²) in [5, 5.41) is 0. The monoisotopic (exact) mass is 188 g/mol. The summed E-state index contributed by atoms with van der Waals surface area (Å²) in [5.41, 5.74) is 2.65. The van der Waals surface area contributed by atoms with Gasteiger partial charge in [-0.1, -0.05) is 6.92 Å². The molecule has 0 saturated heterocycles. The van der Waals surface area contributed by atoms with Crippen molar-refractivity contribution in [3.8, 4) is 11.4 Å². The van der Waals surface area contributed by atoms with Gasteiger partial charge >= 0.3 is 0 Å². The summed E-state index contributed by atoms with van der Waals surface area (Å²) in [6.45, 7) is 3.90. The highest BCUT2D eigenvalue weighted by Gasteiger charge is 2.07. The number of fused-ring (bicyclic) bond motifs is 1. The minimum Gasteiger partial charge on any atom is -0.343 e. The zero-order valence-electron chi connectivity index (χ0n) is 8.29. The van der Waals surface area contributed by atoms with E-state index >= 15 is 0 Å². The lowest BCUT2D eigenvalue weighted by Crippen LogP contribution is -2.14. The zero-order chi connectivity index (χ0) is 10.1. The second kappa shape index (κ2) is 3.25. The van der Waals surface area contributed by atoms with Crippen LogP contribution in [0.1, 0.15) is 18.2 Å². The van der Waals surface area contributed by atoms with Crippen LogP contribution in [0.25, 0.3) is 11.4 Å². The van der Waals surface area contributed by atoms with Gasteiger partial charge < -0.3 is 4.98 Å². The third-order valence-electron chi connectivity index (χ3n) is 2.30. The first kappa shape index (κ1) is 8.94. The average molecular weight is 188 g/mol. The number of aromatic nitrogens is 2. The predicted molar refractivity (Wildman–Crippen MR) is 55.6 cm³/mol. The normalized spacial score (nSPS) is 10.7. The van der Waals surface area contributed by atoms with E-state index in [4.69, 9.17) is 0 Å². The zero-order valence-corrected chi connectivity index (χ0v) is 8.29. The van der Waals surface area contributed by atoms with Gasteiger partial charge in [-0.25, -0.2) is 0 Å². The molecule has 0 radical (unpaired) electrons. The fraction of sp³-hybridized carbons (Fsp3) is 0.273. The van der Waals surface area contributed by atoms with Crippen molar-refractivity contribution in [2.45, 2.75) is 20.3 Å². The van der Waals surface area contributed by atoms with E-state index in [-0.39, 0.29) is 5.56 Å². The Morgan fingerprint density at radius 2 is 2.21 bits per heavy atom. The highest BCUT2D eigenvalue weighted by Crippen LogP contribution is 2.16. The third kappa shape index (κ3) is 1.41. The molecular weight excluding hydrogens is 176 g/mol. The number of nitrogens with one attached hydrogen (secondary N) is 1. The summed E-state index contributed by atoms with van der Waals surface area (Å²) < 4.78 is 0. The highest BCUT2D eigenvalue weighted by molar-refractivity contribution is 5.57. The molecular formula is C11H12N2O. The Labute approximate surface area is 82.2 Å². The van der Waals surface area contributed by atoms with Gasteiger partial charge in [-0.05, 0) is 31.5 Å². The number of hydrogen-bond donors (Lipinski definition) is 1. The van der Waals surface area contributed by atoms with Crippen molar-refractivity contribution in [1.82, 2.24) is 9.97 Å². The molecule has 0 aromatic carbocycles. The maximum absolute atomic E-state index is 11.4. The van der Waals surface area contributed by atoms with Gasteiger partial charge in [0, 0.05) is 16.8 Å². The minimum absolute atomic E-state index is 0.123. The van der Waals surface area contributed by atoms with Crippen LogP contribution in [0.2, 0.25) is 0 Å². The summed E-state index contributed by atoms with van der Waals surface area (Å²) >= 11 is 0. The Morgan fingerprint density at radius 1 is 1.43 bits per heavy atom. The topological polar surface area (TPSA) is 45.8 Å². The summed E-state index contributed by atoms with van der Waals surface area (Å²) in [4.78, 5) is 18.5. The van der Waals surface area contributed by atoms with E-state index in [1.165, 1.54) is 0 Å². The quantitative estimate of drug-likeness (QED) is 0.741. The van der Waals surface area contributed by atoms with Crippen LogP contribution in [-0.4, -0.2) is 9.97 Å². The van der Waals surface area contributed by atoms with Crippen LogP contribution in [0.3, 0.4) is 0 Å². The molecule has 2 heterocycles. The van der Waals surface area contributed by atoms with Crippen molar-refractivity contribution in [3.05, 3.63) is 39.8 Å². The number of pyridine rings is 2. The Bertz CT molecular complexity index is 487. The average Bonchev–Trinajstić information content (AvgIpc) is 2.16. The van der Waals surface area contributed by atoms with E-state index in [2.05, 4.69) is 9.97 Å². The SMILES string of the molecule is CCc1cc2ccc(C)[nH]c-2nc1=O. The van der Waals surface area contributed by atoms with Gasteiger partial charge in [0.15, 0.2) is 0 Å². The molecule has 72 valence electrons. The van der Waals surface area contributed by atoms with Crippen molar-refractivity contribution in [2.75, 3.05) is 0 Å². The molecule has 2 aliphatic heterocycles. The molecule has 0 fully saturated rings. The summed E-state index contributed by atoms with van der Waals surface area (Å²) in [7, 11) is 0. The standard InChI is InChI=1S/C11H12N2O/c1-3-8-6-9-5-4-7(2)12-10(9)13-11(8)14/h4-6H,3H2,1-2H3,(H,12,13,14). The second-order valence-electron chi connectivity index (χ2n) is 3.39. The molecule has 0 aromatic heterocycles. The highest BCUT2D eigenvalue weighted by atomic mass is 16.1. The largest absolute Gasteiger partial charge is 0.343 e. The molecule has 0 aromatic rings. The number of aromatic amines is 1. The molecule has 2 aliphatic rings. The van der Waals surface area contributed by atoms with Crippen molar-refractivity contribution in [2.24, 2.45) is 0 Å². The molecule has 0 atom stereocenters. The molecule has 1 N–H and O–H groups in total. The van der Waals surface area contributed by atoms with E-state index in [1.54, 1.807) is 0 Å². The Morgan fingerprint density at radius 3 is 2.93 bits per heavy atom. The van der Waals surface area contributed by atoms with E-state index in [0.717, 1.165) is 23.2 Å². The maximum Gasteiger partial charge on any atom is 0.274 e. The lowest BCUT2D eigenvalue weighted by Gasteiger charge is -2.06. The van der Waals surface area contributed by atoms with E-state index in [9.17, 15) is 4.79 Å². The second-order valence-corrected chi connectivity index (χ2v) is 3.39. The number of nitrogens with zero attached hydrogens (tertiary/aromatic N) is 1. The molecule has 0 unspecified atom stereocenters. The van der Waals surface area contributed by atoms with Crippen molar-refractivity contribution < 1.29 is 0 Å². The van der Waals surface area contributed by atoms with Gasteiger partial charge in [0.2, 0.25) is 0 Å². The van der Waals surface area contributed by atoms with Gasteiger partial charge in [0.1, 0.15) is 5.82 Å². The predicted octanol–water partition coefficient (Wildman–Crippen LogP) is 1.75. The van der Waals surface area contributed by atoms with Gasteiger partial charge in [0.25, 0.3) is 5.56 Å². The van der Waals surface area contributed by atoms with Crippen molar-refractivity contribution in [1.29, 1.82) is 0 Å². The fourth-order valence-electron chi connectivity index (χ4n) is 1.48. The molecule has 3 heteroatoms. The molecule has 0 amide bonds. The van der Waals surface area contributed by atoms with Crippen LogP contribution in [-0.2, 0) is 6.42 Å². The molecule has 0 spiro atoms. The van der Waals surface area contributed by atoms with E-state index in [1.807, 2.05) is 32.0 Å². The van der Waals surface area contributed by atoms with Crippen LogP contribution in [0.5, 0.6) is 0 Å².